The summed E-state index contributed by atoms with van der Waals surface area (Å²) >= 11 is 5.66. The normalized spacial score (nSPS) is 10.3. The maximum absolute atomic E-state index is 11.7. The Balaban J connectivity index is 2.78. The lowest BCUT2D eigenvalue weighted by Gasteiger charge is -2.06. The molecule has 3 N–H and O–H groups in total. The van der Waals surface area contributed by atoms with E-state index < -0.39 is 11.1 Å². The number of nitrogens with two attached hydrogens (primary N) is 1. The lowest BCUT2D eigenvalue weighted by atomic mass is 10.3. The molecule has 0 aliphatic carbocycles. The Kier molecular flexibility index (Phi) is 2.54. The standard InChI is InChI=1S/C10H8ClN3O2/c11-7-8(12)9(15)13-14(10(7)16)6-4-2-1-3-5-6/h1-5H,12H2,(H,13,15). The molecule has 0 bridgehead atoms. The van der Waals surface area contributed by atoms with Gasteiger partial charge >= 0.3 is 0 Å². The molecule has 82 valence electrons. The number of halogens is 1. The van der Waals surface area contributed by atoms with Crippen LogP contribution in [0.5, 0.6) is 0 Å². The Morgan fingerprint density at radius 1 is 1.19 bits per heavy atom. The van der Waals surface area contributed by atoms with Gasteiger partial charge in [-0.15, -0.1) is 0 Å². The van der Waals surface area contributed by atoms with Gasteiger partial charge < -0.3 is 5.73 Å². The van der Waals surface area contributed by atoms with Crippen molar-refractivity contribution in [3.8, 4) is 5.69 Å². The second-order valence-corrected chi connectivity index (χ2v) is 3.52. The molecule has 1 aromatic carbocycles. The van der Waals surface area contributed by atoms with E-state index in [0.29, 0.717) is 5.69 Å². The fourth-order valence-electron chi connectivity index (χ4n) is 1.28. The molecular weight excluding hydrogens is 230 g/mol. The molecule has 0 fully saturated rings. The molecule has 0 radical (unpaired) electrons. The first-order valence-electron chi connectivity index (χ1n) is 4.47. The molecule has 6 heteroatoms. The molecular formula is C10H8ClN3O2. The van der Waals surface area contributed by atoms with Crippen molar-refractivity contribution in [2.45, 2.75) is 0 Å². The van der Waals surface area contributed by atoms with Crippen molar-refractivity contribution in [2.75, 3.05) is 5.73 Å². The van der Waals surface area contributed by atoms with Crippen LogP contribution >= 0.6 is 11.6 Å². The van der Waals surface area contributed by atoms with Crippen molar-refractivity contribution in [3.63, 3.8) is 0 Å². The first-order chi connectivity index (χ1) is 7.61. The Labute approximate surface area is 95.1 Å². The highest BCUT2D eigenvalue weighted by Gasteiger charge is 2.10. The van der Waals surface area contributed by atoms with Gasteiger partial charge in [0.2, 0.25) is 0 Å². The van der Waals surface area contributed by atoms with Gasteiger partial charge in [0, 0.05) is 0 Å². The van der Waals surface area contributed by atoms with Crippen LogP contribution in [-0.4, -0.2) is 9.78 Å². The van der Waals surface area contributed by atoms with Gasteiger partial charge in [-0.2, -0.15) is 0 Å². The van der Waals surface area contributed by atoms with E-state index in [1.54, 1.807) is 30.3 Å². The smallest absolute Gasteiger partial charge is 0.290 e. The van der Waals surface area contributed by atoms with E-state index in [1.807, 2.05) is 0 Å². The summed E-state index contributed by atoms with van der Waals surface area (Å²) in [5, 5.41) is 2.07. The van der Waals surface area contributed by atoms with Crippen LogP contribution in [0.3, 0.4) is 0 Å². The van der Waals surface area contributed by atoms with Crippen LogP contribution in [0.1, 0.15) is 0 Å². The van der Waals surface area contributed by atoms with Gasteiger partial charge in [0.05, 0.1) is 5.69 Å². The molecule has 1 heterocycles. The number of anilines is 1. The number of aromatic nitrogens is 2. The monoisotopic (exact) mass is 237 g/mol. The molecule has 0 unspecified atom stereocenters. The average molecular weight is 238 g/mol. The zero-order valence-electron chi connectivity index (χ0n) is 8.11. The van der Waals surface area contributed by atoms with Crippen LogP contribution in [0, 0.1) is 0 Å². The fraction of sp³-hybridized carbons (Fsp3) is 0. The van der Waals surface area contributed by atoms with E-state index in [0.717, 1.165) is 4.68 Å². The van der Waals surface area contributed by atoms with E-state index >= 15 is 0 Å². The quantitative estimate of drug-likeness (QED) is 0.768. The van der Waals surface area contributed by atoms with Crippen LogP contribution in [0.25, 0.3) is 5.69 Å². The molecule has 0 amide bonds. The highest BCUT2D eigenvalue weighted by atomic mass is 35.5. The second kappa shape index (κ2) is 3.86. The number of aromatic amines is 1. The zero-order chi connectivity index (χ0) is 11.7. The average Bonchev–Trinajstić information content (AvgIpc) is 2.32. The van der Waals surface area contributed by atoms with Gasteiger partial charge in [-0.1, -0.05) is 29.8 Å². The van der Waals surface area contributed by atoms with Gasteiger partial charge in [-0.25, -0.2) is 4.68 Å². The second-order valence-electron chi connectivity index (χ2n) is 3.14. The minimum absolute atomic E-state index is 0.265. The van der Waals surface area contributed by atoms with Crippen LogP contribution in [0.15, 0.2) is 39.9 Å². The SMILES string of the molecule is Nc1c(Cl)c(=O)n(-c2ccccc2)[nH]c1=O. The summed E-state index contributed by atoms with van der Waals surface area (Å²) in [6.45, 7) is 0. The number of nitrogen functional groups attached to an aromatic ring is 1. The molecule has 16 heavy (non-hydrogen) atoms. The summed E-state index contributed by atoms with van der Waals surface area (Å²) in [4.78, 5) is 23.1. The van der Waals surface area contributed by atoms with Crippen LogP contribution in [0.4, 0.5) is 5.69 Å². The Hall–Kier alpha value is -2.01. The molecule has 2 rings (SSSR count). The highest BCUT2D eigenvalue weighted by molar-refractivity contribution is 6.32. The van der Waals surface area contributed by atoms with Gasteiger partial charge in [0.25, 0.3) is 11.1 Å². The predicted molar refractivity (Wildman–Crippen MR) is 62.1 cm³/mol. The molecule has 2 aromatic rings. The number of nitrogens with one attached hydrogen (secondary N) is 1. The molecule has 0 saturated carbocycles. The van der Waals surface area contributed by atoms with Crippen molar-refractivity contribution in [2.24, 2.45) is 0 Å². The van der Waals surface area contributed by atoms with Crippen molar-refractivity contribution >= 4 is 17.3 Å². The molecule has 1 aromatic heterocycles. The van der Waals surface area contributed by atoms with Crippen molar-refractivity contribution in [1.29, 1.82) is 0 Å². The summed E-state index contributed by atoms with van der Waals surface area (Å²) in [6.07, 6.45) is 0. The largest absolute Gasteiger partial charge is 0.393 e. The molecule has 0 spiro atoms. The topological polar surface area (TPSA) is 80.9 Å². The number of rotatable bonds is 1. The number of para-hydroxylation sites is 1. The van der Waals surface area contributed by atoms with Gasteiger partial charge in [0.15, 0.2) is 0 Å². The fourth-order valence-corrected chi connectivity index (χ4v) is 1.45. The third kappa shape index (κ3) is 1.61. The van der Waals surface area contributed by atoms with E-state index in [2.05, 4.69) is 5.10 Å². The number of nitrogens with zero attached hydrogens (tertiary/aromatic N) is 1. The molecule has 5 nitrogen and oxygen atoms in total. The van der Waals surface area contributed by atoms with Crippen LogP contribution in [-0.2, 0) is 0 Å². The van der Waals surface area contributed by atoms with E-state index in [-0.39, 0.29) is 10.7 Å². The highest BCUT2D eigenvalue weighted by Crippen LogP contribution is 2.08. The third-order valence-electron chi connectivity index (χ3n) is 2.10. The Morgan fingerprint density at radius 3 is 2.44 bits per heavy atom. The Bertz CT molecular complexity index is 631. The molecule has 0 aliphatic rings. The minimum Gasteiger partial charge on any atom is -0.393 e. The lowest BCUT2D eigenvalue weighted by molar-refractivity contribution is 0.789. The van der Waals surface area contributed by atoms with Crippen molar-refractivity contribution < 1.29 is 0 Å². The maximum atomic E-state index is 11.7. The van der Waals surface area contributed by atoms with Crippen molar-refractivity contribution in [3.05, 3.63) is 56.1 Å². The third-order valence-corrected chi connectivity index (χ3v) is 2.46. The summed E-state index contributed by atoms with van der Waals surface area (Å²) in [5.74, 6) is 0. The van der Waals surface area contributed by atoms with Gasteiger partial charge in [-0.05, 0) is 12.1 Å². The predicted octanol–water partition coefficient (Wildman–Crippen LogP) is 0.761. The number of H-pyrrole nitrogens is 1. The first-order valence-corrected chi connectivity index (χ1v) is 4.85. The van der Waals surface area contributed by atoms with E-state index in [4.69, 9.17) is 17.3 Å². The van der Waals surface area contributed by atoms with Crippen LogP contribution < -0.4 is 16.9 Å². The lowest BCUT2D eigenvalue weighted by Crippen LogP contribution is -2.30. The summed E-state index contributed by atoms with van der Waals surface area (Å²) in [7, 11) is 0. The molecule has 0 aliphatic heterocycles. The Morgan fingerprint density at radius 2 is 1.81 bits per heavy atom. The summed E-state index contributed by atoms with van der Waals surface area (Å²) in [5.41, 5.74) is 4.46. The van der Waals surface area contributed by atoms with Gasteiger partial charge in [-0.3, -0.25) is 14.7 Å². The van der Waals surface area contributed by atoms with E-state index in [1.165, 1.54) is 0 Å². The maximum Gasteiger partial charge on any atom is 0.290 e. The molecule has 0 atom stereocenters. The number of benzene rings is 1. The zero-order valence-corrected chi connectivity index (χ0v) is 8.86. The summed E-state index contributed by atoms with van der Waals surface area (Å²) < 4.78 is 1.06. The molecule has 0 saturated heterocycles. The van der Waals surface area contributed by atoms with Gasteiger partial charge in [0.1, 0.15) is 10.7 Å². The minimum atomic E-state index is -0.589. The number of hydrogen-bond donors (Lipinski definition) is 2. The van der Waals surface area contributed by atoms with E-state index in [9.17, 15) is 9.59 Å². The first kappa shape index (κ1) is 10.5. The van der Waals surface area contributed by atoms with Crippen LogP contribution in [0.2, 0.25) is 5.02 Å². The number of hydrogen-bond acceptors (Lipinski definition) is 3. The van der Waals surface area contributed by atoms with Crippen molar-refractivity contribution in [1.82, 2.24) is 9.78 Å². The summed E-state index contributed by atoms with van der Waals surface area (Å²) in [6, 6.07) is 8.62.